The topological polar surface area (TPSA) is 85.1 Å². The van der Waals surface area contributed by atoms with Crippen LogP contribution >= 0.6 is 11.3 Å². The molecule has 0 spiro atoms. The summed E-state index contributed by atoms with van der Waals surface area (Å²) < 4.78 is 5.56. The van der Waals surface area contributed by atoms with E-state index in [1.165, 1.54) is 0 Å². The highest BCUT2D eigenvalue weighted by atomic mass is 32.1. The molecule has 1 aliphatic rings. The van der Waals surface area contributed by atoms with Gasteiger partial charge in [0.05, 0.1) is 17.5 Å². The molecule has 3 rings (SSSR count). The fourth-order valence-corrected chi connectivity index (χ4v) is 3.10. The number of hydrogen-bond acceptors (Lipinski definition) is 7. The van der Waals surface area contributed by atoms with Gasteiger partial charge in [0.1, 0.15) is 10.6 Å². The maximum Gasteiger partial charge on any atom is 0.240 e. The van der Waals surface area contributed by atoms with Crippen LogP contribution in [0.2, 0.25) is 0 Å². The summed E-state index contributed by atoms with van der Waals surface area (Å²) in [5.74, 6) is 6.66. The summed E-state index contributed by atoms with van der Waals surface area (Å²) in [7, 11) is 0. The van der Waals surface area contributed by atoms with E-state index in [4.69, 9.17) is 10.6 Å². The summed E-state index contributed by atoms with van der Waals surface area (Å²) in [4.78, 5) is 9.68. The van der Waals surface area contributed by atoms with Crippen molar-refractivity contribution in [2.75, 3.05) is 24.0 Å². The van der Waals surface area contributed by atoms with Crippen LogP contribution < -0.4 is 16.6 Å². The van der Waals surface area contributed by atoms with Crippen molar-refractivity contribution < 1.29 is 4.74 Å². The van der Waals surface area contributed by atoms with E-state index in [2.05, 4.69) is 27.6 Å². The van der Waals surface area contributed by atoms with Crippen molar-refractivity contribution in [2.45, 2.75) is 25.3 Å². The second-order valence-corrected chi connectivity index (χ2v) is 5.92. The molecule has 6 nitrogen and oxygen atoms in total. The Hall–Kier alpha value is -1.44. The zero-order chi connectivity index (χ0) is 13.3. The molecule has 0 amide bonds. The lowest BCUT2D eigenvalue weighted by atomic mass is 9.95. The Morgan fingerprint density at radius 3 is 3.11 bits per heavy atom. The molecule has 0 aromatic carbocycles. The van der Waals surface area contributed by atoms with Crippen LogP contribution in [-0.2, 0) is 4.74 Å². The minimum absolute atomic E-state index is 0.0899. The number of nitrogens with two attached hydrogens (primary N) is 1. The Balaban J connectivity index is 1.96. The van der Waals surface area contributed by atoms with Gasteiger partial charge in [-0.15, -0.1) is 11.3 Å². The quantitative estimate of drug-likeness (QED) is 0.588. The minimum Gasteiger partial charge on any atom is -0.379 e. The van der Waals surface area contributed by atoms with Crippen LogP contribution in [-0.4, -0.2) is 28.7 Å². The van der Waals surface area contributed by atoms with Gasteiger partial charge in [0.25, 0.3) is 0 Å². The van der Waals surface area contributed by atoms with Crippen LogP contribution in [0.4, 0.5) is 11.8 Å². The SMILES string of the molecule is CC1(Nc2nc(NN)nc3sccc23)CCCOC1. The molecule has 2 aromatic heterocycles. The van der Waals surface area contributed by atoms with Crippen LogP contribution in [0, 0.1) is 0 Å². The zero-order valence-corrected chi connectivity index (χ0v) is 11.6. The summed E-state index contributed by atoms with van der Waals surface area (Å²) in [5.41, 5.74) is 2.42. The van der Waals surface area contributed by atoms with Gasteiger partial charge in [0, 0.05) is 6.61 Å². The molecule has 4 N–H and O–H groups in total. The third-order valence-corrected chi connectivity index (χ3v) is 4.12. The largest absolute Gasteiger partial charge is 0.379 e. The van der Waals surface area contributed by atoms with Gasteiger partial charge in [-0.2, -0.15) is 4.98 Å². The molecule has 19 heavy (non-hydrogen) atoms. The molecular formula is C12H17N5OS. The van der Waals surface area contributed by atoms with Gasteiger partial charge in [-0.1, -0.05) is 0 Å². The van der Waals surface area contributed by atoms with E-state index in [0.717, 1.165) is 35.5 Å². The Morgan fingerprint density at radius 2 is 2.37 bits per heavy atom. The molecule has 3 heterocycles. The molecule has 0 bridgehead atoms. The highest BCUT2D eigenvalue weighted by molar-refractivity contribution is 7.16. The molecule has 1 atom stereocenters. The molecule has 1 saturated heterocycles. The van der Waals surface area contributed by atoms with Crippen molar-refractivity contribution in [1.29, 1.82) is 0 Å². The van der Waals surface area contributed by atoms with E-state index in [9.17, 15) is 0 Å². The average molecular weight is 279 g/mol. The van der Waals surface area contributed by atoms with E-state index >= 15 is 0 Å². The Bertz CT molecular complexity index is 579. The number of thiophene rings is 1. The summed E-state index contributed by atoms with van der Waals surface area (Å²) in [6.45, 7) is 3.68. The monoisotopic (exact) mass is 279 g/mol. The van der Waals surface area contributed by atoms with Crippen LogP contribution in [0.1, 0.15) is 19.8 Å². The Labute approximate surface area is 115 Å². The second-order valence-electron chi connectivity index (χ2n) is 5.02. The van der Waals surface area contributed by atoms with E-state index in [1.54, 1.807) is 11.3 Å². The third kappa shape index (κ3) is 2.49. The van der Waals surface area contributed by atoms with Gasteiger partial charge in [-0.3, -0.25) is 5.43 Å². The number of aromatic nitrogens is 2. The highest BCUT2D eigenvalue weighted by Crippen LogP contribution is 2.30. The molecule has 1 unspecified atom stereocenters. The van der Waals surface area contributed by atoms with E-state index in [1.807, 2.05) is 11.4 Å². The molecule has 0 aliphatic carbocycles. The number of nitrogens with one attached hydrogen (secondary N) is 2. The summed E-state index contributed by atoms with van der Waals surface area (Å²) in [5, 5.41) is 6.52. The van der Waals surface area contributed by atoms with Crippen molar-refractivity contribution in [2.24, 2.45) is 5.84 Å². The molecule has 1 fully saturated rings. The van der Waals surface area contributed by atoms with Crippen molar-refractivity contribution in [3.8, 4) is 0 Å². The number of ether oxygens (including phenoxy) is 1. The number of rotatable bonds is 3. The lowest BCUT2D eigenvalue weighted by Gasteiger charge is -2.35. The lowest BCUT2D eigenvalue weighted by molar-refractivity contribution is 0.0539. The first kappa shape index (κ1) is 12.6. The summed E-state index contributed by atoms with van der Waals surface area (Å²) in [6, 6.07) is 2.02. The lowest BCUT2D eigenvalue weighted by Crippen LogP contribution is -2.43. The Kier molecular flexibility index (Phi) is 3.26. The van der Waals surface area contributed by atoms with Gasteiger partial charge in [0.15, 0.2) is 0 Å². The molecule has 0 saturated carbocycles. The molecule has 1 aliphatic heterocycles. The number of fused-ring (bicyclic) bond motifs is 1. The molecule has 0 radical (unpaired) electrons. The summed E-state index contributed by atoms with van der Waals surface area (Å²) >= 11 is 1.57. The van der Waals surface area contributed by atoms with Crippen LogP contribution in [0.25, 0.3) is 10.2 Å². The van der Waals surface area contributed by atoms with E-state index in [0.29, 0.717) is 12.6 Å². The number of hydrogen-bond donors (Lipinski definition) is 3. The van der Waals surface area contributed by atoms with E-state index < -0.39 is 0 Å². The van der Waals surface area contributed by atoms with Gasteiger partial charge < -0.3 is 10.1 Å². The maximum absolute atomic E-state index is 5.56. The predicted molar refractivity (Wildman–Crippen MR) is 77.3 cm³/mol. The smallest absolute Gasteiger partial charge is 0.240 e. The molecule has 102 valence electrons. The fourth-order valence-electron chi connectivity index (χ4n) is 2.33. The molecule has 2 aromatic rings. The first-order valence-electron chi connectivity index (χ1n) is 6.28. The highest BCUT2D eigenvalue weighted by Gasteiger charge is 2.28. The standard InChI is InChI=1S/C12H17N5OS/c1-12(4-2-5-18-7-12)16-9-8-3-6-19-10(8)15-11(14-9)17-13/h3,6H,2,4-5,7,13H2,1H3,(H2,14,15,16,17). The molecule has 7 heteroatoms. The normalized spacial score (nSPS) is 23.5. The summed E-state index contributed by atoms with van der Waals surface area (Å²) in [6.07, 6.45) is 2.12. The van der Waals surface area contributed by atoms with Crippen LogP contribution in [0.5, 0.6) is 0 Å². The minimum atomic E-state index is -0.0899. The first-order valence-corrected chi connectivity index (χ1v) is 7.16. The van der Waals surface area contributed by atoms with Crippen molar-refractivity contribution >= 4 is 33.3 Å². The van der Waals surface area contributed by atoms with Crippen LogP contribution in [0.15, 0.2) is 11.4 Å². The number of anilines is 2. The maximum atomic E-state index is 5.56. The predicted octanol–water partition coefficient (Wildman–Crippen LogP) is 1.96. The third-order valence-electron chi connectivity index (χ3n) is 3.31. The first-order chi connectivity index (χ1) is 9.20. The number of nitrogen functional groups attached to an aromatic ring is 1. The Morgan fingerprint density at radius 1 is 1.47 bits per heavy atom. The second kappa shape index (κ2) is 4.92. The van der Waals surface area contributed by atoms with Gasteiger partial charge >= 0.3 is 0 Å². The van der Waals surface area contributed by atoms with Crippen LogP contribution in [0.3, 0.4) is 0 Å². The van der Waals surface area contributed by atoms with Gasteiger partial charge in [-0.25, -0.2) is 10.8 Å². The van der Waals surface area contributed by atoms with E-state index in [-0.39, 0.29) is 5.54 Å². The van der Waals surface area contributed by atoms with Gasteiger partial charge in [0.2, 0.25) is 5.95 Å². The number of hydrazine groups is 1. The van der Waals surface area contributed by atoms with Crippen molar-refractivity contribution in [3.63, 3.8) is 0 Å². The van der Waals surface area contributed by atoms with Crippen molar-refractivity contribution in [1.82, 2.24) is 9.97 Å². The fraction of sp³-hybridized carbons (Fsp3) is 0.500. The molecular weight excluding hydrogens is 262 g/mol. The zero-order valence-electron chi connectivity index (χ0n) is 10.8. The average Bonchev–Trinajstić information content (AvgIpc) is 2.87. The van der Waals surface area contributed by atoms with Gasteiger partial charge in [-0.05, 0) is 31.2 Å². The number of nitrogens with zero attached hydrogens (tertiary/aromatic N) is 2. The van der Waals surface area contributed by atoms with Crippen molar-refractivity contribution in [3.05, 3.63) is 11.4 Å².